The summed E-state index contributed by atoms with van der Waals surface area (Å²) in [5.41, 5.74) is 5.10. The van der Waals surface area contributed by atoms with Gasteiger partial charge in [0.15, 0.2) is 5.82 Å². The number of benzene rings is 2. The average Bonchev–Trinajstić information content (AvgIpc) is 3.16. The molecule has 0 aliphatic carbocycles. The molecule has 1 amide bonds. The smallest absolute Gasteiger partial charge is 0.240 e. The van der Waals surface area contributed by atoms with Crippen LogP contribution < -0.4 is 15.5 Å². The van der Waals surface area contributed by atoms with Crippen molar-refractivity contribution in [3.05, 3.63) is 66.0 Å². The summed E-state index contributed by atoms with van der Waals surface area (Å²) >= 11 is 1.41. The van der Waals surface area contributed by atoms with Gasteiger partial charge in [0.05, 0.1) is 18.8 Å². The Morgan fingerprint density at radius 1 is 1.18 bits per heavy atom. The molecule has 1 aromatic heterocycles. The van der Waals surface area contributed by atoms with Gasteiger partial charge in [0.1, 0.15) is 11.0 Å². The highest BCUT2D eigenvalue weighted by Crippen LogP contribution is 2.38. The van der Waals surface area contributed by atoms with Crippen molar-refractivity contribution in [2.24, 2.45) is 0 Å². The van der Waals surface area contributed by atoms with Gasteiger partial charge < -0.3 is 15.5 Å². The molecule has 0 saturated carbocycles. The molecule has 2 heterocycles. The lowest BCUT2D eigenvalue weighted by Gasteiger charge is -2.33. The molecule has 0 radical (unpaired) electrons. The molecule has 2 atom stereocenters. The van der Waals surface area contributed by atoms with Crippen molar-refractivity contribution < 1.29 is 9.53 Å². The van der Waals surface area contributed by atoms with Gasteiger partial charge in [-0.3, -0.25) is 4.79 Å². The third kappa shape index (κ3) is 3.43. The van der Waals surface area contributed by atoms with E-state index in [4.69, 9.17) is 4.74 Å². The number of nitrogens with one attached hydrogen (secondary N) is 2. The zero-order valence-corrected chi connectivity index (χ0v) is 16.4. The van der Waals surface area contributed by atoms with Gasteiger partial charge in [0.2, 0.25) is 11.1 Å². The van der Waals surface area contributed by atoms with Gasteiger partial charge in [-0.25, -0.2) is 4.68 Å². The van der Waals surface area contributed by atoms with Crippen LogP contribution in [0.4, 0.5) is 5.69 Å². The van der Waals surface area contributed by atoms with Crippen LogP contribution >= 0.6 is 11.8 Å². The monoisotopic (exact) mass is 395 g/mol. The molecule has 3 aromatic rings. The zero-order valence-electron chi connectivity index (χ0n) is 15.6. The summed E-state index contributed by atoms with van der Waals surface area (Å²) in [5, 5.41) is 11.7. The molecule has 4 rings (SSSR count). The second kappa shape index (κ2) is 7.93. The number of hydrogen-bond acceptors (Lipinski definition) is 6. The first-order valence-corrected chi connectivity index (χ1v) is 9.95. The van der Waals surface area contributed by atoms with Crippen molar-refractivity contribution in [1.82, 2.24) is 14.9 Å². The molecule has 0 unspecified atom stereocenters. The quantitative estimate of drug-likeness (QED) is 0.690. The largest absolute Gasteiger partial charge is 0.495 e. The molecule has 0 spiro atoms. The Morgan fingerprint density at radius 2 is 1.93 bits per heavy atom. The van der Waals surface area contributed by atoms with Crippen LogP contribution in [0.3, 0.4) is 0 Å². The second-order valence-electron chi connectivity index (χ2n) is 6.33. The number of thioether (sulfide) groups is 1. The molecule has 144 valence electrons. The van der Waals surface area contributed by atoms with Crippen LogP contribution in [0.1, 0.15) is 24.4 Å². The maximum atomic E-state index is 13.2. The number of methoxy groups -OCH3 is 1. The van der Waals surface area contributed by atoms with Gasteiger partial charge >= 0.3 is 0 Å². The number of hydrogen-bond donors (Lipinski definition) is 2. The first kappa shape index (κ1) is 18.4. The van der Waals surface area contributed by atoms with E-state index < -0.39 is 5.25 Å². The van der Waals surface area contributed by atoms with Crippen LogP contribution in [0.5, 0.6) is 5.75 Å². The fraction of sp³-hybridized carbons (Fsp3) is 0.250. The van der Waals surface area contributed by atoms with Crippen molar-refractivity contribution in [2.45, 2.75) is 29.8 Å². The summed E-state index contributed by atoms with van der Waals surface area (Å²) < 4.78 is 7.24. The summed E-state index contributed by atoms with van der Waals surface area (Å²) in [4.78, 5) is 13.2. The number of carbonyl (C=O) groups is 1. The highest BCUT2D eigenvalue weighted by atomic mass is 32.2. The minimum atomic E-state index is -0.422. The molecular weight excluding hydrogens is 374 g/mol. The van der Waals surface area contributed by atoms with Crippen molar-refractivity contribution in [3.63, 3.8) is 0 Å². The van der Waals surface area contributed by atoms with Gasteiger partial charge in [-0.05, 0) is 17.7 Å². The van der Waals surface area contributed by atoms with E-state index in [9.17, 15) is 4.79 Å². The van der Waals surface area contributed by atoms with Crippen LogP contribution in [-0.2, 0) is 11.2 Å². The Kier molecular flexibility index (Phi) is 5.21. The maximum Gasteiger partial charge on any atom is 0.240 e. The fourth-order valence-corrected chi connectivity index (χ4v) is 4.29. The summed E-state index contributed by atoms with van der Waals surface area (Å²) in [6.45, 7) is 2.03. The van der Waals surface area contributed by atoms with E-state index in [1.807, 2.05) is 66.2 Å². The number of anilines is 1. The molecule has 0 saturated heterocycles. The van der Waals surface area contributed by atoms with Crippen LogP contribution in [0.2, 0.25) is 0 Å². The summed E-state index contributed by atoms with van der Waals surface area (Å²) in [6, 6.07) is 17.1. The topological polar surface area (TPSA) is 81.1 Å². The first-order chi connectivity index (χ1) is 13.7. The predicted octanol–water partition coefficient (Wildman–Crippen LogP) is 3.25. The third-order valence-corrected chi connectivity index (χ3v) is 5.82. The van der Waals surface area contributed by atoms with E-state index in [-0.39, 0.29) is 11.9 Å². The number of aryl methyl sites for hydroxylation is 1. The summed E-state index contributed by atoms with van der Waals surface area (Å²) in [5.74, 6) is 1.34. The van der Waals surface area contributed by atoms with Crippen LogP contribution in [0, 0.1) is 0 Å². The molecule has 2 N–H and O–H groups in total. The number of carbonyl (C=O) groups excluding carboxylic acids is 1. The minimum Gasteiger partial charge on any atom is -0.495 e. The molecule has 1 aliphatic rings. The minimum absolute atomic E-state index is 0.122. The Hall–Kier alpha value is -3.00. The lowest BCUT2D eigenvalue weighted by atomic mass is 10.0. The average molecular weight is 395 g/mol. The molecule has 7 nitrogen and oxygen atoms in total. The standard InChI is InChI=1S/C20H21N5O2S/c1-3-16-22-23-20-25(16)24-17(13-9-5-4-6-10-13)18(28-20)19(26)21-14-11-7-8-12-15(14)27-2/h4-12,17-18,24H,3H2,1-2H3,(H,21,26)/t17-,18-/m1/s1. The summed E-state index contributed by atoms with van der Waals surface area (Å²) in [6.07, 6.45) is 0.750. The number of aromatic nitrogens is 3. The molecule has 0 fully saturated rings. The molecule has 28 heavy (non-hydrogen) atoms. The number of fused-ring (bicyclic) bond motifs is 1. The van der Waals surface area contributed by atoms with E-state index in [1.54, 1.807) is 7.11 Å². The lowest BCUT2D eigenvalue weighted by Crippen LogP contribution is -2.41. The summed E-state index contributed by atoms with van der Waals surface area (Å²) in [7, 11) is 1.59. The number of amides is 1. The molecule has 1 aliphatic heterocycles. The third-order valence-electron chi connectivity index (χ3n) is 4.60. The van der Waals surface area contributed by atoms with Crippen molar-refractivity contribution in [3.8, 4) is 5.75 Å². The second-order valence-corrected chi connectivity index (χ2v) is 7.44. The van der Waals surface area contributed by atoms with Gasteiger partial charge in [-0.1, -0.05) is 61.2 Å². The SMILES string of the molecule is CCc1nnc2n1N[C@H](c1ccccc1)[C@H](C(=O)Nc1ccccc1OC)S2. The Bertz CT molecular complexity index is 976. The van der Waals surface area contributed by atoms with E-state index in [0.29, 0.717) is 16.6 Å². The number of nitrogens with zero attached hydrogens (tertiary/aromatic N) is 3. The number of para-hydroxylation sites is 2. The molecule has 0 bridgehead atoms. The number of rotatable bonds is 5. The van der Waals surface area contributed by atoms with Crippen LogP contribution in [-0.4, -0.2) is 33.1 Å². The van der Waals surface area contributed by atoms with Crippen molar-refractivity contribution >= 4 is 23.4 Å². The Labute approximate surface area is 167 Å². The van der Waals surface area contributed by atoms with Crippen LogP contribution in [0.25, 0.3) is 0 Å². The predicted molar refractivity (Wildman–Crippen MR) is 109 cm³/mol. The van der Waals surface area contributed by atoms with Crippen LogP contribution in [0.15, 0.2) is 59.8 Å². The van der Waals surface area contributed by atoms with Gasteiger partial charge in [-0.15, -0.1) is 10.2 Å². The first-order valence-electron chi connectivity index (χ1n) is 9.07. The number of ether oxygens (including phenoxy) is 1. The van der Waals surface area contributed by atoms with Gasteiger partial charge in [-0.2, -0.15) is 0 Å². The van der Waals surface area contributed by atoms with Crippen molar-refractivity contribution in [1.29, 1.82) is 0 Å². The molecular formula is C20H21N5O2S. The van der Waals surface area contributed by atoms with Crippen molar-refractivity contribution in [2.75, 3.05) is 17.9 Å². The Morgan fingerprint density at radius 3 is 2.68 bits per heavy atom. The maximum absolute atomic E-state index is 13.2. The molecule has 8 heteroatoms. The lowest BCUT2D eigenvalue weighted by molar-refractivity contribution is -0.116. The normalized spacial score (nSPS) is 18.1. The van der Waals surface area contributed by atoms with Gasteiger partial charge in [0.25, 0.3) is 0 Å². The van der Waals surface area contributed by atoms with E-state index in [0.717, 1.165) is 17.8 Å². The van der Waals surface area contributed by atoms with E-state index in [1.165, 1.54) is 11.8 Å². The van der Waals surface area contributed by atoms with E-state index >= 15 is 0 Å². The highest BCUT2D eigenvalue weighted by Gasteiger charge is 2.37. The zero-order chi connectivity index (χ0) is 19.5. The van der Waals surface area contributed by atoms with Gasteiger partial charge in [0, 0.05) is 6.42 Å². The molecule has 2 aromatic carbocycles. The highest BCUT2D eigenvalue weighted by molar-refractivity contribution is 8.00. The Balaban J connectivity index is 1.67. The fourth-order valence-electron chi connectivity index (χ4n) is 3.19. The van der Waals surface area contributed by atoms with E-state index in [2.05, 4.69) is 20.9 Å².